The Labute approximate surface area is 155 Å². The molecule has 0 unspecified atom stereocenters. The molecule has 0 spiro atoms. The second-order valence-corrected chi connectivity index (χ2v) is 6.20. The number of benzene rings is 2. The second-order valence-electron chi connectivity index (χ2n) is 5.81. The van der Waals surface area contributed by atoms with Crippen LogP contribution in [0.5, 0.6) is 5.75 Å². The minimum atomic E-state index is 0.265. The molecule has 26 heavy (non-hydrogen) atoms. The molecule has 6 nitrogen and oxygen atoms in total. The molecule has 0 saturated carbocycles. The summed E-state index contributed by atoms with van der Waals surface area (Å²) in [6.45, 7) is 2.29. The molecule has 2 heterocycles. The average molecular weight is 363 g/mol. The van der Waals surface area contributed by atoms with Gasteiger partial charge in [0.2, 0.25) is 4.77 Å². The lowest BCUT2D eigenvalue weighted by Crippen LogP contribution is -2.04. The summed E-state index contributed by atoms with van der Waals surface area (Å²) in [5, 5.41) is 12.6. The van der Waals surface area contributed by atoms with Crippen LogP contribution in [0.4, 0.5) is 0 Å². The molecule has 2 N–H and O–H groups in total. The Balaban J connectivity index is 1.62. The van der Waals surface area contributed by atoms with Crippen molar-refractivity contribution in [2.24, 2.45) is 5.10 Å². The van der Waals surface area contributed by atoms with Gasteiger partial charge in [-0.2, -0.15) is 14.9 Å². The fourth-order valence-corrected chi connectivity index (χ4v) is 2.98. The Morgan fingerprint density at radius 3 is 2.77 bits per heavy atom. The molecule has 2 aromatic heterocycles. The largest absolute Gasteiger partial charge is 0.486 e. The van der Waals surface area contributed by atoms with Crippen LogP contribution in [-0.4, -0.2) is 26.1 Å². The number of para-hydroxylation sites is 2. The number of H-pyrrole nitrogens is 2. The Bertz CT molecular complexity index is 1120. The molecule has 0 aliphatic carbocycles. The van der Waals surface area contributed by atoms with E-state index in [1.807, 2.05) is 55.5 Å². The van der Waals surface area contributed by atoms with E-state index in [2.05, 4.69) is 26.3 Å². The topological polar surface area (TPSA) is 71.0 Å². The molecular formula is C19H17N5OS. The molecule has 0 bridgehead atoms. The van der Waals surface area contributed by atoms with Gasteiger partial charge in [0.25, 0.3) is 0 Å². The number of hydrogen-bond donors (Lipinski definition) is 2. The molecule has 0 saturated heterocycles. The third-order valence-corrected chi connectivity index (χ3v) is 4.34. The van der Waals surface area contributed by atoms with Gasteiger partial charge in [-0.3, -0.25) is 0 Å². The SMILES string of the molecule is Cc1[nH]c2ccccc2c1/C=N\n1c(COc2ccccc2)n[nH]c1=S. The molecule has 0 fully saturated rings. The van der Waals surface area contributed by atoms with Crippen LogP contribution < -0.4 is 4.74 Å². The normalized spacial score (nSPS) is 11.4. The predicted molar refractivity (Wildman–Crippen MR) is 104 cm³/mol. The summed E-state index contributed by atoms with van der Waals surface area (Å²) in [6, 6.07) is 17.7. The van der Waals surface area contributed by atoms with Crippen LogP contribution >= 0.6 is 12.2 Å². The minimum absolute atomic E-state index is 0.265. The first-order valence-corrected chi connectivity index (χ1v) is 8.59. The fourth-order valence-electron chi connectivity index (χ4n) is 2.78. The number of aromatic amines is 2. The van der Waals surface area contributed by atoms with E-state index in [0.717, 1.165) is 27.9 Å². The van der Waals surface area contributed by atoms with Crippen molar-refractivity contribution in [2.75, 3.05) is 0 Å². The summed E-state index contributed by atoms with van der Waals surface area (Å²) in [5.41, 5.74) is 3.15. The van der Waals surface area contributed by atoms with Crippen molar-refractivity contribution in [3.05, 3.63) is 76.5 Å². The first-order chi connectivity index (χ1) is 12.7. The fraction of sp³-hybridized carbons (Fsp3) is 0.105. The summed E-state index contributed by atoms with van der Waals surface area (Å²) in [4.78, 5) is 3.36. The van der Waals surface area contributed by atoms with E-state index in [9.17, 15) is 0 Å². The molecule has 0 aliphatic heterocycles. The van der Waals surface area contributed by atoms with Gasteiger partial charge in [-0.1, -0.05) is 36.4 Å². The number of fused-ring (bicyclic) bond motifs is 1. The summed E-state index contributed by atoms with van der Waals surface area (Å²) in [7, 11) is 0. The Morgan fingerprint density at radius 1 is 1.15 bits per heavy atom. The monoisotopic (exact) mass is 363 g/mol. The third kappa shape index (κ3) is 3.16. The molecule has 0 radical (unpaired) electrons. The number of ether oxygens (including phenoxy) is 1. The number of rotatable bonds is 5. The highest BCUT2D eigenvalue weighted by Crippen LogP contribution is 2.20. The van der Waals surface area contributed by atoms with E-state index in [-0.39, 0.29) is 6.61 Å². The molecule has 4 aromatic rings. The highest BCUT2D eigenvalue weighted by Gasteiger charge is 2.08. The van der Waals surface area contributed by atoms with Crippen molar-refractivity contribution < 1.29 is 4.74 Å². The maximum atomic E-state index is 5.75. The van der Waals surface area contributed by atoms with Gasteiger partial charge in [-0.25, -0.2) is 5.10 Å². The van der Waals surface area contributed by atoms with E-state index >= 15 is 0 Å². The quantitative estimate of drug-likeness (QED) is 0.412. The summed E-state index contributed by atoms with van der Waals surface area (Å²) < 4.78 is 7.75. The van der Waals surface area contributed by atoms with Gasteiger partial charge in [0.1, 0.15) is 12.4 Å². The molecule has 0 aliphatic rings. The molecule has 2 aromatic carbocycles. The first kappa shape index (κ1) is 16.3. The van der Waals surface area contributed by atoms with Gasteiger partial charge >= 0.3 is 0 Å². The molecule has 0 amide bonds. The zero-order chi connectivity index (χ0) is 17.9. The van der Waals surface area contributed by atoms with Crippen LogP contribution in [0.25, 0.3) is 10.9 Å². The molecule has 130 valence electrons. The lowest BCUT2D eigenvalue weighted by molar-refractivity contribution is 0.290. The van der Waals surface area contributed by atoms with Crippen molar-refractivity contribution in [3.63, 3.8) is 0 Å². The third-order valence-electron chi connectivity index (χ3n) is 4.07. The van der Waals surface area contributed by atoms with Crippen molar-refractivity contribution >= 4 is 29.3 Å². The summed E-state index contributed by atoms with van der Waals surface area (Å²) in [6.07, 6.45) is 1.80. The minimum Gasteiger partial charge on any atom is -0.486 e. The Hall–Kier alpha value is -3.19. The maximum absolute atomic E-state index is 5.75. The van der Waals surface area contributed by atoms with Gasteiger partial charge in [-0.15, -0.1) is 0 Å². The summed E-state index contributed by atoms with van der Waals surface area (Å²) >= 11 is 5.30. The second kappa shape index (κ2) is 6.97. The number of nitrogens with zero attached hydrogens (tertiary/aromatic N) is 3. The van der Waals surface area contributed by atoms with E-state index in [1.54, 1.807) is 10.9 Å². The van der Waals surface area contributed by atoms with Crippen LogP contribution in [-0.2, 0) is 6.61 Å². The first-order valence-electron chi connectivity index (χ1n) is 8.18. The van der Waals surface area contributed by atoms with Gasteiger partial charge < -0.3 is 9.72 Å². The highest BCUT2D eigenvalue weighted by molar-refractivity contribution is 7.71. The van der Waals surface area contributed by atoms with Crippen LogP contribution in [0.1, 0.15) is 17.1 Å². The Kier molecular flexibility index (Phi) is 4.37. The van der Waals surface area contributed by atoms with Crippen molar-refractivity contribution in [3.8, 4) is 5.75 Å². The maximum Gasteiger partial charge on any atom is 0.216 e. The lowest BCUT2D eigenvalue weighted by Gasteiger charge is -2.04. The number of nitrogens with one attached hydrogen (secondary N) is 2. The van der Waals surface area contributed by atoms with E-state index in [0.29, 0.717) is 10.6 Å². The molecular weight excluding hydrogens is 346 g/mol. The number of aryl methyl sites for hydroxylation is 1. The van der Waals surface area contributed by atoms with Crippen LogP contribution in [0.2, 0.25) is 0 Å². The Morgan fingerprint density at radius 2 is 1.92 bits per heavy atom. The van der Waals surface area contributed by atoms with Crippen molar-refractivity contribution in [2.45, 2.75) is 13.5 Å². The number of aromatic nitrogens is 4. The van der Waals surface area contributed by atoms with Crippen molar-refractivity contribution in [1.29, 1.82) is 0 Å². The van der Waals surface area contributed by atoms with E-state index in [1.165, 1.54) is 0 Å². The van der Waals surface area contributed by atoms with Gasteiger partial charge in [-0.05, 0) is 37.3 Å². The number of hydrogen-bond acceptors (Lipinski definition) is 4. The predicted octanol–water partition coefficient (Wildman–Crippen LogP) is 4.19. The molecule has 0 atom stereocenters. The van der Waals surface area contributed by atoms with Gasteiger partial charge in [0.05, 0.1) is 6.21 Å². The van der Waals surface area contributed by atoms with Gasteiger partial charge in [0.15, 0.2) is 5.82 Å². The average Bonchev–Trinajstić information content (AvgIpc) is 3.18. The smallest absolute Gasteiger partial charge is 0.216 e. The van der Waals surface area contributed by atoms with Gasteiger partial charge in [0, 0.05) is 22.2 Å². The standard InChI is InChI=1S/C19H17N5OS/c1-13-16(15-9-5-6-10-17(15)21-13)11-20-24-18(22-23-19(24)26)12-25-14-7-3-2-4-8-14/h2-11,21H,12H2,1H3,(H,23,26)/b20-11-. The van der Waals surface area contributed by atoms with Crippen LogP contribution in [0.15, 0.2) is 59.7 Å². The zero-order valence-corrected chi connectivity index (χ0v) is 15.0. The summed E-state index contributed by atoms with van der Waals surface area (Å²) in [5.74, 6) is 1.37. The van der Waals surface area contributed by atoms with Crippen molar-refractivity contribution in [1.82, 2.24) is 19.9 Å². The zero-order valence-electron chi connectivity index (χ0n) is 14.1. The molecule has 7 heteroatoms. The lowest BCUT2D eigenvalue weighted by atomic mass is 10.1. The van der Waals surface area contributed by atoms with Crippen LogP contribution in [0, 0.1) is 11.7 Å². The van der Waals surface area contributed by atoms with Crippen LogP contribution in [0.3, 0.4) is 0 Å². The highest BCUT2D eigenvalue weighted by atomic mass is 32.1. The molecule has 4 rings (SSSR count). The van der Waals surface area contributed by atoms with E-state index in [4.69, 9.17) is 17.0 Å². The van der Waals surface area contributed by atoms with E-state index < -0.39 is 0 Å².